The van der Waals surface area contributed by atoms with Crippen LogP contribution in [0.3, 0.4) is 0 Å². The second kappa shape index (κ2) is 8.03. The van der Waals surface area contributed by atoms with Gasteiger partial charge in [-0.2, -0.15) is 5.10 Å². The van der Waals surface area contributed by atoms with Crippen LogP contribution in [0.2, 0.25) is 0 Å². The summed E-state index contributed by atoms with van der Waals surface area (Å²) in [5, 5.41) is 4.16. The van der Waals surface area contributed by atoms with E-state index in [9.17, 15) is 9.59 Å². The molecule has 27 heavy (non-hydrogen) atoms. The third-order valence-corrected chi connectivity index (χ3v) is 4.73. The summed E-state index contributed by atoms with van der Waals surface area (Å²) >= 11 is 0. The number of hydrogen-bond acceptors (Lipinski definition) is 3. The monoisotopic (exact) mass is 364 g/mol. The fraction of sp³-hybridized carbons (Fsp3) is 0.286. The van der Waals surface area contributed by atoms with E-state index in [1.165, 1.54) is 0 Å². The summed E-state index contributed by atoms with van der Waals surface area (Å²) in [6.07, 6.45) is 4.49. The zero-order chi connectivity index (χ0) is 19.4. The molecule has 3 rings (SSSR count). The van der Waals surface area contributed by atoms with Crippen LogP contribution in [0.25, 0.3) is 11.1 Å². The molecule has 2 aromatic heterocycles. The molecular weight excluding hydrogens is 340 g/mol. The van der Waals surface area contributed by atoms with Crippen molar-refractivity contribution >= 4 is 5.91 Å². The molecule has 0 radical (unpaired) electrons. The molecule has 0 saturated heterocycles. The first-order valence-corrected chi connectivity index (χ1v) is 8.99. The Bertz CT molecular complexity index is 972. The highest BCUT2D eigenvalue weighted by atomic mass is 16.2. The molecule has 2 heterocycles. The second-order valence-corrected chi connectivity index (χ2v) is 6.75. The van der Waals surface area contributed by atoms with Gasteiger partial charge >= 0.3 is 0 Å². The SMILES string of the molecule is Cc1cc(-c2ccc(C(=O)N(C)CCCn3cccn3)cc2)c(=O)[nH]c1C. The van der Waals surface area contributed by atoms with Crippen LogP contribution in [0.5, 0.6) is 0 Å². The van der Waals surface area contributed by atoms with E-state index in [-0.39, 0.29) is 11.5 Å². The van der Waals surface area contributed by atoms with Crippen molar-refractivity contribution in [1.82, 2.24) is 19.7 Å². The van der Waals surface area contributed by atoms with Gasteiger partial charge in [-0.1, -0.05) is 12.1 Å². The number of nitrogens with one attached hydrogen (secondary N) is 1. The van der Waals surface area contributed by atoms with Gasteiger partial charge in [0.05, 0.1) is 0 Å². The molecule has 1 N–H and O–H groups in total. The maximum absolute atomic E-state index is 12.6. The standard InChI is InChI=1S/C21H24N4O2/c1-15-14-19(20(26)23-16(15)2)17-6-8-18(9-7-17)21(27)24(3)11-5-13-25-12-4-10-22-25/h4,6-10,12,14H,5,11,13H2,1-3H3,(H,23,26). The van der Waals surface area contributed by atoms with E-state index in [0.717, 1.165) is 29.8 Å². The van der Waals surface area contributed by atoms with Gasteiger partial charge in [-0.25, -0.2) is 0 Å². The highest BCUT2D eigenvalue weighted by Crippen LogP contribution is 2.18. The molecule has 140 valence electrons. The normalized spacial score (nSPS) is 10.8. The van der Waals surface area contributed by atoms with Crippen LogP contribution in [-0.4, -0.2) is 39.2 Å². The number of aromatic amines is 1. The Morgan fingerprint density at radius 3 is 2.63 bits per heavy atom. The van der Waals surface area contributed by atoms with Crippen LogP contribution in [0, 0.1) is 13.8 Å². The summed E-state index contributed by atoms with van der Waals surface area (Å²) in [6, 6.07) is 11.0. The molecule has 0 aliphatic heterocycles. The van der Waals surface area contributed by atoms with Crippen LogP contribution < -0.4 is 5.56 Å². The summed E-state index contributed by atoms with van der Waals surface area (Å²) in [4.78, 5) is 29.4. The molecule has 0 aliphatic rings. The number of rotatable bonds is 6. The van der Waals surface area contributed by atoms with E-state index in [0.29, 0.717) is 17.7 Å². The van der Waals surface area contributed by atoms with Crippen LogP contribution in [0.1, 0.15) is 28.0 Å². The zero-order valence-electron chi connectivity index (χ0n) is 15.9. The van der Waals surface area contributed by atoms with E-state index >= 15 is 0 Å². The lowest BCUT2D eigenvalue weighted by atomic mass is 10.0. The summed E-state index contributed by atoms with van der Waals surface area (Å²) in [5.41, 5.74) is 3.81. The molecule has 6 nitrogen and oxygen atoms in total. The zero-order valence-corrected chi connectivity index (χ0v) is 15.9. The number of pyridine rings is 1. The third-order valence-electron chi connectivity index (χ3n) is 4.73. The molecule has 0 bridgehead atoms. The quantitative estimate of drug-likeness (QED) is 0.731. The Labute approximate surface area is 158 Å². The lowest BCUT2D eigenvalue weighted by Crippen LogP contribution is -2.28. The number of carbonyl (C=O) groups is 1. The molecular formula is C21H24N4O2. The fourth-order valence-corrected chi connectivity index (χ4v) is 2.96. The Hall–Kier alpha value is -3.15. The average Bonchev–Trinajstić information content (AvgIpc) is 3.17. The summed E-state index contributed by atoms with van der Waals surface area (Å²) in [6.45, 7) is 5.27. The number of carbonyl (C=O) groups excluding carboxylic acids is 1. The number of amides is 1. The smallest absolute Gasteiger partial charge is 0.256 e. The van der Waals surface area contributed by atoms with Crippen LogP contribution in [0.4, 0.5) is 0 Å². The highest BCUT2D eigenvalue weighted by Gasteiger charge is 2.12. The lowest BCUT2D eigenvalue weighted by Gasteiger charge is -2.17. The van der Waals surface area contributed by atoms with Gasteiger partial charge in [-0.15, -0.1) is 0 Å². The molecule has 0 atom stereocenters. The van der Waals surface area contributed by atoms with Crippen LogP contribution >= 0.6 is 0 Å². The van der Waals surface area contributed by atoms with E-state index in [4.69, 9.17) is 0 Å². The lowest BCUT2D eigenvalue weighted by molar-refractivity contribution is 0.0791. The van der Waals surface area contributed by atoms with Crippen molar-refractivity contribution in [2.75, 3.05) is 13.6 Å². The van der Waals surface area contributed by atoms with Gasteiger partial charge in [0.1, 0.15) is 0 Å². The molecule has 0 spiro atoms. The molecule has 3 aromatic rings. The van der Waals surface area contributed by atoms with Gasteiger partial charge in [0.25, 0.3) is 11.5 Å². The number of aryl methyl sites for hydroxylation is 3. The van der Waals surface area contributed by atoms with Gasteiger partial charge in [0, 0.05) is 49.4 Å². The van der Waals surface area contributed by atoms with Gasteiger partial charge in [-0.05, 0) is 55.7 Å². The Morgan fingerprint density at radius 1 is 1.22 bits per heavy atom. The maximum atomic E-state index is 12.6. The number of nitrogens with zero attached hydrogens (tertiary/aromatic N) is 3. The highest BCUT2D eigenvalue weighted by molar-refractivity contribution is 5.94. The van der Waals surface area contributed by atoms with Crippen molar-refractivity contribution in [3.8, 4) is 11.1 Å². The first kappa shape index (κ1) is 18.6. The molecule has 1 amide bonds. The molecule has 6 heteroatoms. The Morgan fingerprint density at radius 2 is 1.96 bits per heavy atom. The minimum Gasteiger partial charge on any atom is -0.342 e. The maximum Gasteiger partial charge on any atom is 0.256 e. The summed E-state index contributed by atoms with van der Waals surface area (Å²) in [7, 11) is 1.80. The average molecular weight is 364 g/mol. The summed E-state index contributed by atoms with van der Waals surface area (Å²) < 4.78 is 1.86. The first-order chi connectivity index (χ1) is 13.0. The fourth-order valence-electron chi connectivity index (χ4n) is 2.96. The molecule has 0 saturated carbocycles. The molecule has 1 aromatic carbocycles. The minimum absolute atomic E-state index is 0.0315. The largest absolute Gasteiger partial charge is 0.342 e. The van der Waals surface area contributed by atoms with Crippen molar-refractivity contribution in [3.05, 3.63) is 76.0 Å². The van der Waals surface area contributed by atoms with E-state index in [1.807, 2.05) is 49.0 Å². The van der Waals surface area contributed by atoms with Crippen LogP contribution in [0.15, 0.2) is 53.6 Å². The minimum atomic E-state index is -0.118. The third kappa shape index (κ3) is 4.34. The number of benzene rings is 1. The molecule has 0 unspecified atom stereocenters. The van der Waals surface area contributed by atoms with E-state index in [2.05, 4.69) is 10.1 Å². The number of hydrogen-bond donors (Lipinski definition) is 1. The molecule has 0 fully saturated rings. The predicted octanol–water partition coefficient (Wildman–Crippen LogP) is 3.02. The molecule has 0 aliphatic carbocycles. The topological polar surface area (TPSA) is 71.0 Å². The second-order valence-electron chi connectivity index (χ2n) is 6.75. The van der Waals surface area contributed by atoms with Gasteiger partial charge in [0.15, 0.2) is 0 Å². The van der Waals surface area contributed by atoms with Crippen molar-refractivity contribution in [2.45, 2.75) is 26.8 Å². The van der Waals surface area contributed by atoms with E-state index < -0.39 is 0 Å². The summed E-state index contributed by atoms with van der Waals surface area (Å²) in [5.74, 6) is -0.0315. The number of H-pyrrole nitrogens is 1. The van der Waals surface area contributed by atoms with Crippen molar-refractivity contribution in [1.29, 1.82) is 0 Å². The Balaban J connectivity index is 1.66. The van der Waals surface area contributed by atoms with Crippen molar-refractivity contribution in [3.63, 3.8) is 0 Å². The van der Waals surface area contributed by atoms with Gasteiger partial charge in [-0.3, -0.25) is 14.3 Å². The first-order valence-electron chi connectivity index (χ1n) is 8.99. The van der Waals surface area contributed by atoms with Crippen molar-refractivity contribution in [2.24, 2.45) is 0 Å². The number of aromatic nitrogens is 3. The van der Waals surface area contributed by atoms with Gasteiger partial charge in [0.2, 0.25) is 0 Å². The van der Waals surface area contributed by atoms with Crippen LogP contribution in [-0.2, 0) is 6.54 Å². The Kier molecular flexibility index (Phi) is 5.54. The van der Waals surface area contributed by atoms with E-state index in [1.54, 1.807) is 30.3 Å². The predicted molar refractivity (Wildman–Crippen MR) is 106 cm³/mol. The van der Waals surface area contributed by atoms with Gasteiger partial charge < -0.3 is 9.88 Å². The van der Waals surface area contributed by atoms with Crippen molar-refractivity contribution < 1.29 is 4.79 Å².